The van der Waals surface area contributed by atoms with Crippen LogP contribution in [0.4, 0.5) is 0 Å². The normalized spacial score (nSPS) is 9.62. The Hall–Kier alpha value is -6.40. The fourth-order valence-electron chi connectivity index (χ4n) is 5.20. The minimum Gasteiger partial charge on any atom is -0.481 e. The molecule has 20 heteroatoms. The molecule has 0 saturated carbocycles. The number of hydrogen-bond donors (Lipinski definition) is 5. The van der Waals surface area contributed by atoms with Crippen molar-refractivity contribution in [3.05, 3.63) is 197 Å². The largest absolute Gasteiger partial charge is 0.488 e. The molecule has 7 N–H and O–H groups in total. The van der Waals surface area contributed by atoms with E-state index in [-0.39, 0.29) is 20.4 Å². The molecule has 0 aliphatic heterocycles. The molecule has 8 rings (SSSR count). The zero-order valence-corrected chi connectivity index (χ0v) is 39.5. The van der Waals surface area contributed by atoms with Crippen LogP contribution in [0.5, 0.6) is 17.6 Å². The highest BCUT2D eigenvalue weighted by Gasteiger charge is 2.07. The SMILES string of the molecule is C.C.COc1ccc(-c2ccc(SOON)cc2)cn1.COc1ccc(-c2ccccc2)cn1.COc1ccc(Br)cn1.NOOSc1ccc(-c2ccc(=O)[nH]c2)cc1.OB(O)c1ccccc1. The van der Waals surface area contributed by atoms with Crippen LogP contribution in [0.3, 0.4) is 0 Å². The van der Waals surface area contributed by atoms with Crippen LogP contribution in [0.25, 0.3) is 33.4 Å². The van der Waals surface area contributed by atoms with E-state index in [0.29, 0.717) is 23.1 Å². The van der Waals surface area contributed by atoms with Crippen LogP contribution in [0.1, 0.15) is 14.9 Å². The number of aromatic amines is 1. The van der Waals surface area contributed by atoms with Crippen molar-refractivity contribution in [3.63, 3.8) is 0 Å². The summed E-state index contributed by atoms with van der Waals surface area (Å²) in [4.78, 5) is 35.6. The predicted molar refractivity (Wildman–Crippen MR) is 278 cm³/mol. The molecule has 69 heavy (non-hydrogen) atoms. The van der Waals surface area contributed by atoms with E-state index in [0.717, 1.165) is 66.2 Å². The summed E-state index contributed by atoms with van der Waals surface area (Å²) in [6.45, 7) is 0. The Labute approximate surface area is 419 Å². The van der Waals surface area contributed by atoms with E-state index in [9.17, 15) is 4.79 Å². The number of benzene rings is 4. The van der Waals surface area contributed by atoms with Crippen LogP contribution >= 0.6 is 40.0 Å². The number of hydrogen-bond acceptors (Lipinski definition) is 17. The van der Waals surface area contributed by atoms with Crippen LogP contribution in [-0.2, 0) is 18.6 Å². The molecule has 16 nitrogen and oxygen atoms in total. The number of H-pyrrole nitrogens is 1. The summed E-state index contributed by atoms with van der Waals surface area (Å²) >= 11 is 5.33. The van der Waals surface area contributed by atoms with Crippen molar-refractivity contribution >= 4 is 52.6 Å². The highest BCUT2D eigenvalue weighted by Crippen LogP contribution is 2.26. The van der Waals surface area contributed by atoms with Gasteiger partial charge in [-0.25, -0.2) is 15.0 Å². The monoisotopic (exact) mass is 1040 g/mol. The summed E-state index contributed by atoms with van der Waals surface area (Å²) in [5.74, 6) is 11.4. The minimum atomic E-state index is -1.34. The average Bonchev–Trinajstić information content (AvgIpc) is 3.39. The van der Waals surface area contributed by atoms with Gasteiger partial charge in [0.15, 0.2) is 0 Å². The lowest BCUT2D eigenvalue weighted by atomic mass is 9.81. The number of halogens is 1. The first kappa shape index (κ1) is 58.7. The number of aromatic nitrogens is 4. The fourth-order valence-corrected chi connectivity index (χ4v) is 6.16. The number of nitrogens with zero attached hydrogens (tertiary/aromatic N) is 3. The molecule has 0 aliphatic rings. The molecule has 362 valence electrons. The summed E-state index contributed by atoms with van der Waals surface area (Å²) in [5.41, 5.74) is 6.70. The Balaban J connectivity index is 0.000000301. The second-order valence-corrected chi connectivity index (χ2v) is 15.3. The van der Waals surface area contributed by atoms with Crippen molar-refractivity contribution in [3.8, 4) is 51.0 Å². The molecule has 0 atom stereocenters. The topological polar surface area (TPSA) is 229 Å². The van der Waals surface area contributed by atoms with E-state index >= 15 is 0 Å². The highest BCUT2D eigenvalue weighted by molar-refractivity contribution is 9.10. The predicted octanol–water partition coefficient (Wildman–Crippen LogP) is 9.71. The van der Waals surface area contributed by atoms with Gasteiger partial charge in [-0.2, -0.15) is 11.8 Å². The van der Waals surface area contributed by atoms with Crippen LogP contribution in [0.15, 0.2) is 202 Å². The molecule has 0 fully saturated rings. The smallest absolute Gasteiger partial charge is 0.481 e. The Morgan fingerprint density at radius 2 is 0.899 bits per heavy atom. The maximum atomic E-state index is 10.9. The van der Waals surface area contributed by atoms with Crippen molar-refractivity contribution in [2.75, 3.05) is 21.3 Å². The molecule has 0 bridgehead atoms. The van der Waals surface area contributed by atoms with E-state index in [1.807, 2.05) is 109 Å². The van der Waals surface area contributed by atoms with Crippen LogP contribution in [0.2, 0.25) is 0 Å². The quantitative estimate of drug-likeness (QED) is 0.0313. The van der Waals surface area contributed by atoms with Crippen molar-refractivity contribution in [1.82, 2.24) is 19.9 Å². The molecule has 4 aromatic heterocycles. The third-order valence-corrected chi connectivity index (χ3v) is 10.2. The number of nitrogens with one attached hydrogen (secondary N) is 1. The van der Waals surface area contributed by atoms with Gasteiger partial charge < -0.3 is 29.2 Å². The highest BCUT2D eigenvalue weighted by atomic mass is 79.9. The minimum absolute atomic E-state index is 0. The maximum absolute atomic E-state index is 10.9. The number of nitrogens with two attached hydrogens (primary N) is 2. The Morgan fingerprint density at radius 3 is 1.25 bits per heavy atom. The molecule has 0 spiro atoms. The maximum Gasteiger partial charge on any atom is 0.488 e. The first-order chi connectivity index (χ1) is 32.7. The molecule has 0 saturated heterocycles. The van der Waals surface area contributed by atoms with E-state index in [2.05, 4.69) is 66.6 Å². The number of ether oxygens (including phenoxy) is 3. The first-order valence-electron chi connectivity index (χ1n) is 19.6. The lowest BCUT2D eigenvalue weighted by Crippen LogP contribution is -2.29. The van der Waals surface area contributed by atoms with Gasteiger partial charge in [-0.05, 0) is 92.2 Å². The molecule has 4 aromatic carbocycles. The summed E-state index contributed by atoms with van der Waals surface area (Å²) in [5, 5.41) is 17.2. The zero-order valence-electron chi connectivity index (χ0n) is 36.2. The molecule has 0 unspecified atom stereocenters. The van der Waals surface area contributed by atoms with Gasteiger partial charge in [-0.3, -0.25) is 4.79 Å². The van der Waals surface area contributed by atoms with Crippen molar-refractivity contribution in [2.45, 2.75) is 24.6 Å². The van der Waals surface area contributed by atoms with Crippen LogP contribution < -0.4 is 37.0 Å². The van der Waals surface area contributed by atoms with Gasteiger partial charge in [0, 0.05) is 74.4 Å². The van der Waals surface area contributed by atoms with Crippen molar-refractivity contribution in [2.24, 2.45) is 11.8 Å². The van der Waals surface area contributed by atoms with Gasteiger partial charge in [0.25, 0.3) is 0 Å². The standard InChI is InChI=1S/C12H12N2O3S.C12H11NO.C11H10N2O3S.C6H7BO2.C6H6BrNO.2CH4/c1-15-12-7-4-10(8-14-12)9-2-5-11(6-3-9)18-17-16-13;1-14-12-8-7-11(9-13-12)10-5-3-2-4-6-10;12-15-16-17-10-4-1-8(2-5-10)9-3-6-11(14)13-7-9;8-7(9)6-4-2-1-3-5-6;1-9-6-3-2-5(7)4-8-6;;/h2-8H,13H2,1H3;2-9H,1H3;1-7H,12H2,(H,13,14);1-5,8-9H;2-4H,1H3;2*1H4. The molecule has 0 aliphatic carbocycles. The Morgan fingerprint density at radius 1 is 0.507 bits per heavy atom. The van der Waals surface area contributed by atoms with Gasteiger partial charge in [-0.15, -0.1) is 18.6 Å². The Kier molecular flexibility index (Phi) is 28.9. The summed E-state index contributed by atoms with van der Waals surface area (Å²) in [6, 6.07) is 48.7. The van der Waals surface area contributed by atoms with Gasteiger partial charge >= 0.3 is 7.12 Å². The molecule has 0 amide bonds. The average molecular weight is 1040 g/mol. The van der Waals surface area contributed by atoms with E-state index in [1.165, 1.54) is 11.6 Å². The summed E-state index contributed by atoms with van der Waals surface area (Å²) in [7, 11) is 3.46. The second kappa shape index (κ2) is 34.0. The molecule has 4 heterocycles. The zero-order chi connectivity index (χ0) is 48.1. The second-order valence-electron chi connectivity index (χ2n) is 12.8. The van der Waals surface area contributed by atoms with E-state index in [1.54, 1.807) is 76.3 Å². The molecular formula is C49H54BBrN6O10S2. The molecule has 0 radical (unpaired) electrons. The van der Waals surface area contributed by atoms with Crippen LogP contribution in [-0.4, -0.2) is 58.4 Å². The third kappa shape index (κ3) is 22.1. The van der Waals surface area contributed by atoms with Crippen LogP contribution in [0, 0.1) is 0 Å². The molecule has 8 aromatic rings. The third-order valence-electron chi connectivity index (χ3n) is 8.50. The van der Waals surface area contributed by atoms with E-state index in [4.69, 9.17) is 36.1 Å². The fraction of sp³-hybridized carbons (Fsp3) is 0.102. The van der Waals surface area contributed by atoms with Gasteiger partial charge in [0.2, 0.25) is 23.2 Å². The number of rotatable bonds is 13. The van der Waals surface area contributed by atoms with Gasteiger partial charge in [0.1, 0.15) is 0 Å². The van der Waals surface area contributed by atoms with Gasteiger partial charge in [-0.1, -0.05) is 99.8 Å². The lowest BCUT2D eigenvalue weighted by molar-refractivity contribution is -0.195. The molecular weight excluding hydrogens is 987 g/mol. The Bertz CT molecular complexity index is 2590. The first-order valence-corrected chi connectivity index (χ1v) is 21.9. The van der Waals surface area contributed by atoms with Crippen molar-refractivity contribution < 1.29 is 42.9 Å². The number of methoxy groups -OCH3 is 3. The summed E-state index contributed by atoms with van der Waals surface area (Å²) < 4.78 is 24.9. The number of pyridine rings is 4. The lowest BCUT2D eigenvalue weighted by Gasteiger charge is -2.04. The summed E-state index contributed by atoms with van der Waals surface area (Å²) in [6.07, 6.45) is 6.94. The van der Waals surface area contributed by atoms with E-state index < -0.39 is 7.12 Å². The van der Waals surface area contributed by atoms with Gasteiger partial charge in [0.05, 0.1) is 45.4 Å². The van der Waals surface area contributed by atoms with Crippen molar-refractivity contribution in [1.29, 1.82) is 0 Å².